The molecule has 0 unspecified atom stereocenters. The molecule has 0 radical (unpaired) electrons. The van der Waals surface area contributed by atoms with Crippen molar-refractivity contribution in [1.82, 2.24) is 14.7 Å². The van der Waals surface area contributed by atoms with E-state index in [1.54, 1.807) is 18.5 Å². The molecule has 186 valence electrons. The Morgan fingerprint density at radius 1 is 1.14 bits per heavy atom. The standard InChI is InChI=1S/C26H30F2N4O2S/c1-18-15-29-12-8-20(18)9-13-30-24-23(14-21-4-2-3-5-22(21)32-24)35(33,34)31-16-19-6-10-25(11-7-19)17-26(25,27)28/h2-5,8,12,14-15,19,31H,6-7,9-11,13,16-17H2,1H3,(H,30,32). The van der Waals surface area contributed by atoms with Gasteiger partial charge in [-0.3, -0.25) is 4.98 Å². The molecule has 0 atom stereocenters. The number of nitrogens with zero attached hydrogens (tertiary/aromatic N) is 2. The lowest BCUT2D eigenvalue weighted by molar-refractivity contribution is 0.0410. The maximum absolute atomic E-state index is 13.7. The van der Waals surface area contributed by atoms with Crippen molar-refractivity contribution in [3.8, 4) is 0 Å². The minimum absolute atomic E-state index is 0.0186. The van der Waals surface area contributed by atoms with E-state index in [1.165, 1.54) is 0 Å². The van der Waals surface area contributed by atoms with Crippen LogP contribution in [-0.4, -0.2) is 37.4 Å². The highest BCUT2D eigenvalue weighted by molar-refractivity contribution is 7.89. The number of aryl methyl sites for hydroxylation is 1. The van der Waals surface area contributed by atoms with Crippen LogP contribution >= 0.6 is 0 Å². The molecule has 1 spiro atoms. The number of hydrogen-bond donors (Lipinski definition) is 2. The molecule has 0 bridgehead atoms. The highest BCUT2D eigenvalue weighted by Gasteiger charge is 2.70. The molecule has 2 fully saturated rings. The maximum Gasteiger partial charge on any atom is 0.254 e. The smallest absolute Gasteiger partial charge is 0.254 e. The molecular weight excluding hydrogens is 470 g/mol. The van der Waals surface area contributed by atoms with E-state index >= 15 is 0 Å². The largest absolute Gasteiger partial charge is 0.369 e. The first kappa shape index (κ1) is 24.1. The Morgan fingerprint density at radius 2 is 1.89 bits per heavy atom. The lowest BCUT2D eigenvalue weighted by Gasteiger charge is -2.28. The van der Waals surface area contributed by atoms with E-state index in [-0.39, 0.29) is 23.8 Å². The zero-order valence-corrected chi connectivity index (χ0v) is 20.5. The molecule has 6 nitrogen and oxygen atoms in total. The zero-order valence-electron chi connectivity index (χ0n) is 19.7. The quantitative estimate of drug-likeness (QED) is 0.450. The highest BCUT2D eigenvalue weighted by atomic mass is 32.2. The molecule has 2 N–H and O–H groups in total. The summed E-state index contributed by atoms with van der Waals surface area (Å²) in [6.45, 7) is 2.75. The number of pyridine rings is 2. The summed E-state index contributed by atoms with van der Waals surface area (Å²) in [6, 6.07) is 11.0. The van der Waals surface area contributed by atoms with Crippen molar-refractivity contribution in [3.05, 3.63) is 59.9 Å². The maximum atomic E-state index is 13.7. The second-order valence-corrected chi connectivity index (χ2v) is 11.7. The van der Waals surface area contributed by atoms with Crippen molar-refractivity contribution >= 4 is 26.7 Å². The number of halogens is 2. The van der Waals surface area contributed by atoms with Gasteiger partial charge in [0.2, 0.25) is 10.0 Å². The number of fused-ring (bicyclic) bond motifs is 1. The lowest BCUT2D eigenvalue weighted by atomic mass is 9.79. The van der Waals surface area contributed by atoms with E-state index in [0.29, 0.717) is 50.0 Å². The molecule has 2 heterocycles. The van der Waals surface area contributed by atoms with Crippen LogP contribution in [0.25, 0.3) is 10.9 Å². The number of para-hydroxylation sites is 1. The third kappa shape index (κ3) is 4.89. The van der Waals surface area contributed by atoms with Gasteiger partial charge in [0.1, 0.15) is 10.7 Å². The number of sulfonamides is 1. The summed E-state index contributed by atoms with van der Waals surface area (Å²) in [4.78, 5) is 8.82. The van der Waals surface area contributed by atoms with Crippen LogP contribution in [0.4, 0.5) is 14.6 Å². The predicted octanol–water partition coefficient (Wildman–Crippen LogP) is 5.09. The van der Waals surface area contributed by atoms with Gasteiger partial charge in [-0.2, -0.15) is 0 Å². The van der Waals surface area contributed by atoms with Crippen LogP contribution in [0.3, 0.4) is 0 Å². The molecule has 0 aliphatic heterocycles. The fraction of sp³-hybridized carbons (Fsp3) is 0.462. The Labute approximate surface area is 204 Å². The van der Waals surface area contributed by atoms with Gasteiger partial charge in [0.25, 0.3) is 5.92 Å². The molecule has 2 aliphatic rings. The van der Waals surface area contributed by atoms with Crippen LogP contribution in [-0.2, 0) is 16.4 Å². The monoisotopic (exact) mass is 500 g/mol. The third-order valence-corrected chi connectivity index (χ3v) is 9.07. The Balaban J connectivity index is 1.30. The fourth-order valence-electron chi connectivity index (χ4n) is 5.19. The molecule has 1 aromatic carbocycles. The number of hydrogen-bond acceptors (Lipinski definition) is 5. The van der Waals surface area contributed by atoms with Gasteiger partial charge in [0, 0.05) is 42.7 Å². The van der Waals surface area contributed by atoms with E-state index in [4.69, 9.17) is 0 Å². The van der Waals surface area contributed by atoms with E-state index < -0.39 is 21.4 Å². The zero-order chi connectivity index (χ0) is 24.7. The van der Waals surface area contributed by atoms with E-state index in [0.717, 1.165) is 16.5 Å². The molecule has 0 amide bonds. The van der Waals surface area contributed by atoms with Crippen LogP contribution in [0, 0.1) is 18.3 Å². The first-order valence-electron chi connectivity index (χ1n) is 12.1. The second kappa shape index (κ2) is 9.09. The third-order valence-electron chi connectivity index (χ3n) is 7.64. The number of rotatable bonds is 8. The van der Waals surface area contributed by atoms with Gasteiger partial charge in [-0.05, 0) is 74.3 Å². The number of anilines is 1. The minimum Gasteiger partial charge on any atom is -0.369 e. The van der Waals surface area contributed by atoms with Gasteiger partial charge in [0.15, 0.2) is 0 Å². The van der Waals surface area contributed by atoms with Crippen molar-refractivity contribution in [2.24, 2.45) is 11.3 Å². The molecule has 5 rings (SSSR count). The summed E-state index contributed by atoms with van der Waals surface area (Å²) >= 11 is 0. The van der Waals surface area contributed by atoms with Gasteiger partial charge in [-0.25, -0.2) is 26.9 Å². The van der Waals surface area contributed by atoms with E-state index in [2.05, 4.69) is 20.0 Å². The van der Waals surface area contributed by atoms with Crippen LogP contribution in [0.2, 0.25) is 0 Å². The summed E-state index contributed by atoms with van der Waals surface area (Å²) in [5, 5.41) is 3.95. The summed E-state index contributed by atoms with van der Waals surface area (Å²) in [5.74, 6) is -2.17. The average Bonchev–Trinajstić information content (AvgIpc) is 3.38. The van der Waals surface area contributed by atoms with Crippen molar-refractivity contribution in [2.45, 2.75) is 56.3 Å². The molecule has 2 aliphatic carbocycles. The fourth-order valence-corrected chi connectivity index (χ4v) is 6.45. The van der Waals surface area contributed by atoms with E-state index in [1.807, 2.05) is 37.3 Å². The summed E-state index contributed by atoms with van der Waals surface area (Å²) in [7, 11) is -3.85. The summed E-state index contributed by atoms with van der Waals surface area (Å²) in [6.07, 6.45) is 6.39. The van der Waals surface area contributed by atoms with Crippen LogP contribution in [0.5, 0.6) is 0 Å². The number of aromatic nitrogens is 2. The Morgan fingerprint density at radius 3 is 2.60 bits per heavy atom. The van der Waals surface area contributed by atoms with Crippen molar-refractivity contribution in [3.63, 3.8) is 0 Å². The SMILES string of the molecule is Cc1cnccc1CCNc1nc2ccccc2cc1S(=O)(=O)NCC1CCC2(CC1)CC2(F)F. The topological polar surface area (TPSA) is 84.0 Å². The van der Waals surface area contributed by atoms with Gasteiger partial charge in [-0.1, -0.05) is 18.2 Å². The van der Waals surface area contributed by atoms with Crippen LogP contribution < -0.4 is 10.0 Å². The normalized spacial score (nSPS) is 23.5. The summed E-state index contributed by atoms with van der Waals surface area (Å²) in [5.41, 5.74) is 2.09. The predicted molar refractivity (Wildman–Crippen MR) is 132 cm³/mol. The van der Waals surface area contributed by atoms with Crippen molar-refractivity contribution < 1.29 is 17.2 Å². The lowest BCUT2D eigenvalue weighted by Crippen LogP contribution is -2.33. The average molecular weight is 501 g/mol. The summed E-state index contributed by atoms with van der Waals surface area (Å²) < 4.78 is 56.8. The highest BCUT2D eigenvalue weighted by Crippen LogP contribution is 2.67. The first-order valence-corrected chi connectivity index (χ1v) is 13.6. The van der Waals surface area contributed by atoms with Gasteiger partial charge in [-0.15, -0.1) is 0 Å². The van der Waals surface area contributed by atoms with Gasteiger partial charge >= 0.3 is 0 Å². The number of nitrogens with one attached hydrogen (secondary N) is 2. The molecule has 9 heteroatoms. The molecule has 0 saturated heterocycles. The number of benzene rings is 1. The molecule has 2 saturated carbocycles. The molecule has 2 aromatic heterocycles. The Kier molecular flexibility index (Phi) is 6.25. The van der Waals surface area contributed by atoms with E-state index in [9.17, 15) is 17.2 Å². The first-order chi connectivity index (χ1) is 16.7. The van der Waals surface area contributed by atoms with Gasteiger partial charge < -0.3 is 5.32 Å². The Hall–Kier alpha value is -2.65. The Bertz CT molecular complexity index is 1340. The second-order valence-electron chi connectivity index (χ2n) is 9.96. The number of alkyl halides is 2. The van der Waals surface area contributed by atoms with Crippen molar-refractivity contribution in [1.29, 1.82) is 0 Å². The minimum atomic E-state index is -3.85. The van der Waals surface area contributed by atoms with Crippen LogP contribution in [0.1, 0.15) is 43.2 Å². The molecule has 3 aromatic rings. The molecule has 35 heavy (non-hydrogen) atoms. The van der Waals surface area contributed by atoms with Crippen molar-refractivity contribution in [2.75, 3.05) is 18.4 Å². The van der Waals surface area contributed by atoms with Crippen LogP contribution in [0.15, 0.2) is 53.7 Å². The molecular formula is C26H30F2N4O2S. The van der Waals surface area contributed by atoms with Gasteiger partial charge in [0.05, 0.1) is 5.52 Å².